The highest BCUT2D eigenvalue weighted by molar-refractivity contribution is 7.89. The Hall–Kier alpha value is -1.93. The number of rotatable bonds is 6. The second-order valence-electron chi connectivity index (χ2n) is 8.42. The number of hydrogen-bond donors (Lipinski definition) is 1. The van der Waals surface area contributed by atoms with Crippen LogP contribution < -0.4 is 5.32 Å². The molecule has 2 fully saturated rings. The molecule has 0 bridgehead atoms. The Morgan fingerprint density at radius 3 is 2.24 bits per heavy atom. The van der Waals surface area contributed by atoms with Crippen LogP contribution in [0.2, 0.25) is 0 Å². The summed E-state index contributed by atoms with van der Waals surface area (Å²) in [6, 6.07) is 5.89. The maximum Gasteiger partial charge on any atom is 0.338 e. The SMILES string of the molecule is C[C@H]1C[C@H](C)CN(S(=O)(=O)c2ccc(C(=O)OCC(=O)NC3CCCC3)cc2)C1. The smallest absolute Gasteiger partial charge is 0.338 e. The minimum atomic E-state index is -3.59. The number of hydrogen-bond acceptors (Lipinski definition) is 5. The van der Waals surface area contributed by atoms with Crippen LogP contribution in [0.25, 0.3) is 0 Å². The molecule has 2 atom stereocenters. The molecule has 7 nitrogen and oxygen atoms in total. The molecular formula is C21H30N2O5S. The number of sulfonamides is 1. The highest BCUT2D eigenvalue weighted by Gasteiger charge is 2.31. The fourth-order valence-corrected chi connectivity index (χ4v) is 5.95. The van der Waals surface area contributed by atoms with E-state index in [1.807, 2.05) is 0 Å². The second-order valence-corrected chi connectivity index (χ2v) is 10.4. The molecule has 0 radical (unpaired) electrons. The molecule has 1 amide bonds. The van der Waals surface area contributed by atoms with E-state index in [1.54, 1.807) is 0 Å². The molecule has 1 aliphatic carbocycles. The standard InChI is InChI=1S/C21H30N2O5S/c1-15-11-16(2)13-23(12-15)29(26,27)19-9-7-17(8-10-19)21(25)28-14-20(24)22-18-5-3-4-6-18/h7-10,15-16,18H,3-6,11-14H2,1-2H3,(H,22,24)/t15-,16-/m0/s1. The van der Waals surface area contributed by atoms with E-state index in [0.29, 0.717) is 24.9 Å². The summed E-state index contributed by atoms with van der Waals surface area (Å²) in [6.07, 6.45) is 5.16. The Kier molecular flexibility index (Phi) is 6.95. The van der Waals surface area contributed by atoms with E-state index in [-0.39, 0.29) is 29.0 Å². The Balaban J connectivity index is 1.57. The Bertz CT molecular complexity index is 821. The van der Waals surface area contributed by atoms with Crippen LogP contribution in [0.4, 0.5) is 0 Å². The molecule has 1 aromatic rings. The van der Waals surface area contributed by atoms with Gasteiger partial charge < -0.3 is 10.1 Å². The highest BCUT2D eigenvalue weighted by Crippen LogP contribution is 2.26. The van der Waals surface area contributed by atoms with E-state index in [9.17, 15) is 18.0 Å². The topological polar surface area (TPSA) is 92.8 Å². The molecule has 29 heavy (non-hydrogen) atoms. The molecule has 1 saturated heterocycles. The minimum Gasteiger partial charge on any atom is -0.452 e. The molecule has 8 heteroatoms. The first-order chi connectivity index (χ1) is 13.8. The van der Waals surface area contributed by atoms with Gasteiger partial charge in [0.2, 0.25) is 10.0 Å². The number of nitrogens with zero attached hydrogens (tertiary/aromatic N) is 1. The molecule has 1 N–H and O–H groups in total. The van der Waals surface area contributed by atoms with Crippen LogP contribution in [0.5, 0.6) is 0 Å². The van der Waals surface area contributed by atoms with Gasteiger partial charge in [-0.25, -0.2) is 13.2 Å². The third kappa shape index (κ3) is 5.57. The molecular weight excluding hydrogens is 392 g/mol. The van der Waals surface area contributed by atoms with E-state index in [0.717, 1.165) is 32.1 Å². The maximum absolute atomic E-state index is 12.9. The van der Waals surface area contributed by atoms with Crippen LogP contribution in [0.3, 0.4) is 0 Å². The zero-order valence-corrected chi connectivity index (χ0v) is 17.9. The molecule has 0 aromatic heterocycles. The van der Waals surface area contributed by atoms with E-state index in [1.165, 1.54) is 28.6 Å². The Morgan fingerprint density at radius 2 is 1.66 bits per heavy atom. The summed E-state index contributed by atoms with van der Waals surface area (Å²) in [5, 5.41) is 2.86. The molecule has 160 valence electrons. The van der Waals surface area contributed by atoms with Gasteiger partial charge in [0.15, 0.2) is 6.61 Å². The predicted octanol–water partition coefficient (Wildman–Crippen LogP) is 2.57. The van der Waals surface area contributed by atoms with Crippen LogP contribution in [-0.2, 0) is 19.6 Å². The number of benzene rings is 1. The fraction of sp³-hybridized carbons (Fsp3) is 0.619. The summed E-state index contributed by atoms with van der Waals surface area (Å²) >= 11 is 0. The monoisotopic (exact) mass is 422 g/mol. The van der Waals surface area contributed by atoms with Gasteiger partial charge in [0, 0.05) is 19.1 Å². The van der Waals surface area contributed by atoms with Crippen molar-refractivity contribution in [3.05, 3.63) is 29.8 Å². The lowest BCUT2D eigenvalue weighted by Gasteiger charge is -2.34. The van der Waals surface area contributed by atoms with Crippen molar-refractivity contribution in [3.8, 4) is 0 Å². The molecule has 0 spiro atoms. The van der Waals surface area contributed by atoms with Gasteiger partial charge >= 0.3 is 5.97 Å². The number of piperidine rings is 1. The highest BCUT2D eigenvalue weighted by atomic mass is 32.2. The number of carbonyl (C=O) groups is 2. The summed E-state index contributed by atoms with van der Waals surface area (Å²) in [5.41, 5.74) is 0.220. The lowest BCUT2D eigenvalue weighted by atomic mass is 9.94. The van der Waals surface area contributed by atoms with Crippen molar-refractivity contribution in [2.45, 2.75) is 56.9 Å². The van der Waals surface area contributed by atoms with Crippen LogP contribution in [0.1, 0.15) is 56.3 Å². The van der Waals surface area contributed by atoms with Crippen LogP contribution in [0.15, 0.2) is 29.2 Å². The van der Waals surface area contributed by atoms with Crippen molar-refractivity contribution >= 4 is 21.9 Å². The molecule has 3 rings (SSSR count). The number of ether oxygens (including phenoxy) is 1. The van der Waals surface area contributed by atoms with E-state index < -0.39 is 16.0 Å². The summed E-state index contributed by atoms with van der Waals surface area (Å²) in [4.78, 5) is 24.2. The van der Waals surface area contributed by atoms with Crippen LogP contribution in [0, 0.1) is 11.8 Å². The van der Waals surface area contributed by atoms with Crippen molar-refractivity contribution < 1.29 is 22.7 Å². The molecule has 2 aliphatic rings. The molecule has 1 aliphatic heterocycles. The van der Waals surface area contributed by atoms with Gasteiger partial charge in [-0.2, -0.15) is 4.31 Å². The molecule has 1 aromatic carbocycles. The number of nitrogens with one attached hydrogen (secondary N) is 1. The van der Waals surface area contributed by atoms with Crippen molar-refractivity contribution in [2.24, 2.45) is 11.8 Å². The third-order valence-corrected chi connectivity index (χ3v) is 7.46. The Morgan fingerprint density at radius 1 is 1.07 bits per heavy atom. The van der Waals surface area contributed by atoms with E-state index in [2.05, 4.69) is 19.2 Å². The summed E-state index contributed by atoms with van der Waals surface area (Å²) in [5.74, 6) is -0.315. The van der Waals surface area contributed by atoms with Crippen LogP contribution >= 0.6 is 0 Å². The van der Waals surface area contributed by atoms with Crippen LogP contribution in [-0.4, -0.2) is 50.3 Å². The van der Waals surface area contributed by atoms with Crippen molar-refractivity contribution in [1.82, 2.24) is 9.62 Å². The zero-order chi connectivity index (χ0) is 21.0. The number of esters is 1. The molecule has 1 saturated carbocycles. The first-order valence-corrected chi connectivity index (χ1v) is 11.8. The molecule has 1 heterocycles. The van der Waals surface area contributed by atoms with Gasteiger partial charge in [-0.15, -0.1) is 0 Å². The second kappa shape index (κ2) is 9.26. The average Bonchev–Trinajstić information content (AvgIpc) is 3.18. The lowest BCUT2D eigenvalue weighted by Crippen LogP contribution is -2.42. The predicted molar refractivity (Wildman–Crippen MR) is 109 cm³/mol. The van der Waals surface area contributed by atoms with E-state index in [4.69, 9.17) is 4.74 Å². The fourth-order valence-electron chi connectivity index (χ4n) is 4.27. The summed E-state index contributed by atoms with van der Waals surface area (Å²) in [7, 11) is -3.59. The maximum atomic E-state index is 12.9. The van der Waals surface area contributed by atoms with Crippen molar-refractivity contribution in [2.75, 3.05) is 19.7 Å². The first-order valence-electron chi connectivity index (χ1n) is 10.3. The van der Waals surface area contributed by atoms with Crippen molar-refractivity contribution in [1.29, 1.82) is 0 Å². The number of carbonyl (C=O) groups excluding carboxylic acids is 2. The summed E-state index contributed by atoms with van der Waals surface area (Å²) < 4.78 is 32.4. The van der Waals surface area contributed by atoms with Gasteiger partial charge in [0.25, 0.3) is 5.91 Å². The molecule has 0 unspecified atom stereocenters. The quantitative estimate of drug-likeness (QED) is 0.711. The van der Waals surface area contributed by atoms with Gasteiger partial charge in [-0.1, -0.05) is 26.7 Å². The number of amides is 1. The third-order valence-electron chi connectivity index (χ3n) is 5.62. The first kappa shape index (κ1) is 21.8. The largest absolute Gasteiger partial charge is 0.452 e. The van der Waals surface area contributed by atoms with E-state index >= 15 is 0 Å². The van der Waals surface area contributed by atoms with Gasteiger partial charge in [0.1, 0.15) is 0 Å². The van der Waals surface area contributed by atoms with Gasteiger partial charge in [0.05, 0.1) is 10.5 Å². The normalized spacial score (nSPS) is 23.7. The zero-order valence-electron chi connectivity index (χ0n) is 17.1. The lowest BCUT2D eigenvalue weighted by molar-refractivity contribution is -0.124. The van der Waals surface area contributed by atoms with Gasteiger partial charge in [-0.3, -0.25) is 4.79 Å². The average molecular weight is 423 g/mol. The Labute approximate surface area is 172 Å². The summed E-state index contributed by atoms with van der Waals surface area (Å²) in [6.45, 7) is 4.79. The van der Waals surface area contributed by atoms with Gasteiger partial charge in [-0.05, 0) is 55.4 Å². The van der Waals surface area contributed by atoms with Crippen molar-refractivity contribution in [3.63, 3.8) is 0 Å². The minimum absolute atomic E-state index is 0.161.